The van der Waals surface area contributed by atoms with Crippen LogP contribution < -0.4 is 10.5 Å². The zero-order chi connectivity index (χ0) is 13.9. The van der Waals surface area contributed by atoms with Gasteiger partial charge in [-0.1, -0.05) is 28.1 Å². The molecule has 0 bridgehead atoms. The van der Waals surface area contributed by atoms with Crippen LogP contribution in [0.5, 0.6) is 0 Å². The van der Waals surface area contributed by atoms with Crippen LogP contribution in [0.1, 0.15) is 5.56 Å². The van der Waals surface area contributed by atoms with Crippen LogP contribution in [-0.2, 0) is 16.6 Å². The first-order valence-electron chi connectivity index (χ1n) is 5.43. The van der Waals surface area contributed by atoms with Crippen molar-refractivity contribution in [1.82, 2.24) is 9.71 Å². The van der Waals surface area contributed by atoms with E-state index < -0.39 is 10.0 Å². The third-order valence-electron chi connectivity index (χ3n) is 2.44. The van der Waals surface area contributed by atoms with Crippen LogP contribution in [0.2, 0.25) is 0 Å². The van der Waals surface area contributed by atoms with E-state index in [0.29, 0.717) is 0 Å². The molecule has 1 aromatic heterocycles. The van der Waals surface area contributed by atoms with Crippen molar-refractivity contribution in [2.45, 2.75) is 11.4 Å². The summed E-state index contributed by atoms with van der Waals surface area (Å²) < 4.78 is 27.5. The predicted octanol–water partition coefficient (Wildman–Crippen LogP) is 1.90. The summed E-state index contributed by atoms with van der Waals surface area (Å²) in [6.45, 7) is 0.191. The number of benzene rings is 1. The minimum absolute atomic E-state index is 0.00926. The van der Waals surface area contributed by atoms with E-state index in [1.807, 2.05) is 24.3 Å². The van der Waals surface area contributed by atoms with Gasteiger partial charge in [-0.2, -0.15) is 0 Å². The topological polar surface area (TPSA) is 85.1 Å². The molecule has 2 rings (SSSR count). The fourth-order valence-corrected chi connectivity index (χ4v) is 3.08. The maximum atomic E-state index is 12.1. The second-order valence-corrected chi connectivity index (χ2v) is 6.49. The van der Waals surface area contributed by atoms with Gasteiger partial charge in [-0.15, -0.1) is 0 Å². The molecule has 0 fully saturated rings. The van der Waals surface area contributed by atoms with Crippen LogP contribution in [0, 0.1) is 0 Å². The van der Waals surface area contributed by atoms with Crippen molar-refractivity contribution >= 4 is 31.8 Å². The van der Waals surface area contributed by atoms with Gasteiger partial charge in [-0.3, -0.25) is 0 Å². The summed E-state index contributed by atoms with van der Waals surface area (Å²) in [5.41, 5.74) is 6.41. The maximum Gasteiger partial charge on any atom is 0.244 e. The first kappa shape index (κ1) is 14.0. The number of nitrogens with one attached hydrogen (secondary N) is 1. The zero-order valence-corrected chi connectivity index (χ0v) is 12.3. The normalized spacial score (nSPS) is 11.4. The Labute approximate surface area is 120 Å². The summed E-state index contributed by atoms with van der Waals surface area (Å²) in [5.74, 6) is -0.00996. The second kappa shape index (κ2) is 5.68. The monoisotopic (exact) mass is 341 g/mol. The molecule has 7 heteroatoms. The Morgan fingerprint density at radius 2 is 2.05 bits per heavy atom. The van der Waals surface area contributed by atoms with Crippen molar-refractivity contribution in [2.24, 2.45) is 0 Å². The van der Waals surface area contributed by atoms with E-state index in [2.05, 4.69) is 25.6 Å². The molecule has 19 heavy (non-hydrogen) atoms. The van der Waals surface area contributed by atoms with E-state index in [1.54, 1.807) is 0 Å². The van der Waals surface area contributed by atoms with E-state index in [-0.39, 0.29) is 17.3 Å². The van der Waals surface area contributed by atoms with Crippen molar-refractivity contribution in [2.75, 3.05) is 5.73 Å². The number of hydrogen-bond donors (Lipinski definition) is 2. The number of rotatable bonds is 4. The molecule has 0 aliphatic heterocycles. The first-order chi connectivity index (χ1) is 8.99. The highest BCUT2D eigenvalue weighted by molar-refractivity contribution is 9.10. The average molecular weight is 342 g/mol. The Kier molecular flexibility index (Phi) is 4.18. The fraction of sp³-hybridized carbons (Fsp3) is 0.0833. The van der Waals surface area contributed by atoms with Gasteiger partial charge in [0.2, 0.25) is 10.0 Å². The van der Waals surface area contributed by atoms with Crippen LogP contribution in [0.3, 0.4) is 0 Å². The first-order valence-corrected chi connectivity index (χ1v) is 7.71. The van der Waals surface area contributed by atoms with Gasteiger partial charge < -0.3 is 5.73 Å². The molecule has 0 saturated heterocycles. The van der Waals surface area contributed by atoms with E-state index in [1.165, 1.54) is 18.3 Å². The number of hydrogen-bond acceptors (Lipinski definition) is 4. The third kappa shape index (κ3) is 3.52. The molecule has 0 aliphatic carbocycles. The summed E-state index contributed by atoms with van der Waals surface area (Å²) in [4.78, 5) is 3.76. The van der Waals surface area contributed by atoms with Gasteiger partial charge >= 0.3 is 0 Å². The molecule has 0 saturated carbocycles. The SMILES string of the molecule is Nc1ncccc1S(=O)(=O)NCc1cccc(Br)c1. The lowest BCUT2D eigenvalue weighted by atomic mass is 10.2. The summed E-state index contributed by atoms with van der Waals surface area (Å²) in [7, 11) is -3.65. The Hall–Kier alpha value is -1.44. The minimum Gasteiger partial charge on any atom is -0.383 e. The van der Waals surface area contributed by atoms with Gasteiger partial charge in [-0.05, 0) is 29.8 Å². The zero-order valence-electron chi connectivity index (χ0n) is 9.88. The van der Waals surface area contributed by atoms with E-state index in [4.69, 9.17) is 5.73 Å². The molecule has 0 amide bonds. The molecule has 3 N–H and O–H groups in total. The number of nitrogen functional groups attached to an aromatic ring is 1. The second-order valence-electron chi connectivity index (χ2n) is 3.84. The Morgan fingerprint density at radius 3 is 2.74 bits per heavy atom. The lowest BCUT2D eigenvalue weighted by Gasteiger charge is -2.08. The molecule has 0 atom stereocenters. The van der Waals surface area contributed by atoms with Gasteiger partial charge in [0, 0.05) is 17.2 Å². The molecule has 5 nitrogen and oxygen atoms in total. The number of pyridine rings is 1. The maximum absolute atomic E-state index is 12.1. The largest absolute Gasteiger partial charge is 0.383 e. The molecule has 2 aromatic rings. The van der Waals surface area contributed by atoms with E-state index >= 15 is 0 Å². The number of halogens is 1. The van der Waals surface area contributed by atoms with Gasteiger partial charge in [0.15, 0.2) is 0 Å². The van der Waals surface area contributed by atoms with Crippen LogP contribution in [0.4, 0.5) is 5.82 Å². The van der Waals surface area contributed by atoms with Gasteiger partial charge in [0.05, 0.1) is 0 Å². The number of nitrogens with zero attached hydrogens (tertiary/aromatic N) is 1. The van der Waals surface area contributed by atoms with Crippen molar-refractivity contribution in [3.8, 4) is 0 Å². The van der Waals surface area contributed by atoms with Crippen LogP contribution in [0.15, 0.2) is 52.0 Å². The summed E-state index contributed by atoms with van der Waals surface area (Å²) in [5, 5.41) is 0. The average Bonchev–Trinajstić information content (AvgIpc) is 2.37. The summed E-state index contributed by atoms with van der Waals surface area (Å²) >= 11 is 3.33. The molecule has 0 radical (unpaired) electrons. The van der Waals surface area contributed by atoms with Gasteiger partial charge in [0.25, 0.3) is 0 Å². The molecule has 1 aromatic carbocycles. The Morgan fingerprint density at radius 1 is 1.26 bits per heavy atom. The standard InChI is InChI=1S/C12H12BrN3O2S/c13-10-4-1-3-9(7-10)8-16-19(17,18)11-5-2-6-15-12(11)14/h1-7,16H,8H2,(H2,14,15). The highest BCUT2D eigenvalue weighted by atomic mass is 79.9. The molecular weight excluding hydrogens is 330 g/mol. The number of aromatic nitrogens is 1. The fourth-order valence-electron chi connectivity index (χ4n) is 1.53. The quantitative estimate of drug-likeness (QED) is 0.889. The molecule has 0 aliphatic rings. The minimum atomic E-state index is -3.65. The Balaban J connectivity index is 2.17. The highest BCUT2D eigenvalue weighted by Gasteiger charge is 2.17. The molecule has 100 valence electrons. The van der Waals surface area contributed by atoms with E-state index in [0.717, 1.165) is 10.0 Å². The molecule has 1 heterocycles. The van der Waals surface area contributed by atoms with Crippen molar-refractivity contribution < 1.29 is 8.42 Å². The van der Waals surface area contributed by atoms with Crippen molar-refractivity contribution in [1.29, 1.82) is 0 Å². The lowest BCUT2D eigenvalue weighted by Crippen LogP contribution is -2.24. The van der Waals surface area contributed by atoms with Gasteiger partial charge in [0.1, 0.15) is 10.7 Å². The Bertz CT molecular complexity index is 689. The summed E-state index contributed by atoms with van der Waals surface area (Å²) in [6.07, 6.45) is 1.45. The number of anilines is 1. The predicted molar refractivity (Wildman–Crippen MR) is 76.8 cm³/mol. The van der Waals surface area contributed by atoms with Crippen LogP contribution in [-0.4, -0.2) is 13.4 Å². The van der Waals surface area contributed by atoms with E-state index in [9.17, 15) is 8.42 Å². The third-order valence-corrected chi connectivity index (χ3v) is 4.39. The lowest BCUT2D eigenvalue weighted by molar-refractivity contribution is 0.581. The highest BCUT2D eigenvalue weighted by Crippen LogP contribution is 2.16. The smallest absolute Gasteiger partial charge is 0.244 e. The van der Waals surface area contributed by atoms with Crippen molar-refractivity contribution in [3.63, 3.8) is 0 Å². The molecule has 0 spiro atoms. The van der Waals surface area contributed by atoms with Crippen molar-refractivity contribution in [3.05, 3.63) is 52.6 Å². The number of sulfonamides is 1. The van der Waals surface area contributed by atoms with Crippen LogP contribution >= 0.6 is 15.9 Å². The summed E-state index contributed by atoms with van der Waals surface area (Å²) in [6, 6.07) is 10.3. The number of nitrogens with two attached hydrogens (primary N) is 1. The van der Waals surface area contributed by atoms with Crippen LogP contribution in [0.25, 0.3) is 0 Å². The molecular formula is C12H12BrN3O2S. The molecule has 0 unspecified atom stereocenters. The van der Waals surface area contributed by atoms with Gasteiger partial charge in [-0.25, -0.2) is 18.1 Å².